The molecule has 0 fully saturated rings. The van der Waals surface area contributed by atoms with Gasteiger partial charge in [-0.3, -0.25) is 5.41 Å². The molecule has 1 aromatic heterocycles. The zero-order valence-corrected chi connectivity index (χ0v) is 20.6. The summed E-state index contributed by atoms with van der Waals surface area (Å²) < 4.78 is 51.7. The quantitative estimate of drug-likeness (QED) is 0.254. The monoisotopic (exact) mass is 490 g/mol. The van der Waals surface area contributed by atoms with E-state index in [0.717, 1.165) is 30.9 Å². The summed E-state index contributed by atoms with van der Waals surface area (Å²) >= 11 is 0. The molecule has 3 aromatic rings. The normalized spacial score (nSPS) is 12.0. The molecule has 190 valence electrons. The van der Waals surface area contributed by atoms with Gasteiger partial charge in [0.1, 0.15) is 5.75 Å². The molecule has 0 spiro atoms. The molecule has 0 aliphatic rings. The van der Waals surface area contributed by atoms with Gasteiger partial charge in [0, 0.05) is 11.5 Å². The maximum Gasteiger partial charge on any atom is 0.416 e. The average Bonchev–Trinajstić information content (AvgIpc) is 3.31. The summed E-state index contributed by atoms with van der Waals surface area (Å²) in [5.41, 5.74) is 5.52. The van der Waals surface area contributed by atoms with Crippen LogP contribution in [-0.2, 0) is 19.0 Å². The van der Waals surface area contributed by atoms with E-state index in [-0.39, 0.29) is 29.6 Å². The number of aryl methyl sites for hydroxylation is 2. The fourth-order valence-corrected chi connectivity index (χ4v) is 3.46. The van der Waals surface area contributed by atoms with Crippen molar-refractivity contribution >= 4 is 5.84 Å². The third kappa shape index (κ3) is 8.73. The van der Waals surface area contributed by atoms with E-state index >= 15 is 0 Å². The molecule has 6 nitrogen and oxygen atoms in total. The first-order valence-corrected chi connectivity index (χ1v) is 11.5. The van der Waals surface area contributed by atoms with Crippen LogP contribution in [0.1, 0.15) is 68.5 Å². The number of unbranched alkanes of at least 4 members (excludes halogenated alkanes) is 1. The third-order valence-corrected chi connectivity index (χ3v) is 5.37. The van der Waals surface area contributed by atoms with Crippen LogP contribution < -0.4 is 10.5 Å². The van der Waals surface area contributed by atoms with Crippen LogP contribution in [0.4, 0.5) is 13.2 Å². The fraction of sp³-hybridized carbons (Fsp3) is 0.423. The number of nitrogens with zero attached hydrogens (tertiary/aromatic N) is 2. The predicted molar refractivity (Wildman–Crippen MR) is 131 cm³/mol. The molecule has 3 rings (SSSR count). The number of hydrogen-bond donors (Lipinski definition) is 2. The van der Waals surface area contributed by atoms with E-state index in [9.17, 15) is 13.2 Å². The molecule has 0 saturated heterocycles. The summed E-state index contributed by atoms with van der Waals surface area (Å²) in [6, 6.07) is 11.6. The number of ether oxygens (including phenoxy) is 1. The number of hydrogen-bond acceptors (Lipinski definition) is 5. The minimum absolute atomic E-state index is 0.0760. The van der Waals surface area contributed by atoms with Gasteiger partial charge < -0.3 is 15.0 Å². The number of aromatic nitrogens is 2. The van der Waals surface area contributed by atoms with Crippen molar-refractivity contribution in [1.82, 2.24) is 10.1 Å². The molecule has 0 saturated carbocycles. The zero-order valence-electron chi connectivity index (χ0n) is 20.6. The summed E-state index contributed by atoms with van der Waals surface area (Å²) in [6.45, 7) is 5.61. The Labute approximate surface area is 204 Å². The molecule has 2 aromatic carbocycles. The highest BCUT2D eigenvalue weighted by molar-refractivity contribution is 5.73. The highest BCUT2D eigenvalue weighted by atomic mass is 19.4. The summed E-state index contributed by atoms with van der Waals surface area (Å²) in [7, 11) is 1.57. The molecule has 0 aliphatic carbocycles. The van der Waals surface area contributed by atoms with Crippen molar-refractivity contribution in [3.63, 3.8) is 0 Å². The second-order valence-corrected chi connectivity index (χ2v) is 8.40. The van der Waals surface area contributed by atoms with Gasteiger partial charge >= 0.3 is 6.18 Å². The van der Waals surface area contributed by atoms with E-state index in [0.29, 0.717) is 23.6 Å². The zero-order chi connectivity index (χ0) is 26.0. The number of methoxy groups -OCH3 is 1. The topological polar surface area (TPSA) is 98.0 Å². The number of alkyl halides is 3. The van der Waals surface area contributed by atoms with Crippen molar-refractivity contribution in [2.24, 2.45) is 5.73 Å². The Hall–Kier alpha value is -3.36. The van der Waals surface area contributed by atoms with Crippen LogP contribution in [0.3, 0.4) is 0 Å². The first-order chi connectivity index (χ1) is 16.5. The third-order valence-electron chi connectivity index (χ3n) is 5.37. The highest BCUT2D eigenvalue weighted by Gasteiger charge is 2.34. The molecule has 9 heteroatoms. The van der Waals surface area contributed by atoms with Crippen molar-refractivity contribution in [3.8, 4) is 17.1 Å². The first kappa shape index (κ1) is 27.9. The Morgan fingerprint density at radius 1 is 1.14 bits per heavy atom. The standard InChI is InChI=1S/C24H27F3N2O2.C2H6N2/c1-4-5-6-16(2)23-28-22(29-31-23)19-12-11-18(21(15-19)24(25,26)27)10-7-17-8-13-20(30-3)14-9-17;1-2(3)4/h8-9,11-16H,4-7,10H2,1-3H3;1H3,(H3,3,4)/t16-;/m0./s1. The van der Waals surface area contributed by atoms with Crippen LogP contribution in [0.25, 0.3) is 11.4 Å². The lowest BCUT2D eigenvalue weighted by Crippen LogP contribution is -2.10. The van der Waals surface area contributed by atoms with Crippen LogP contribution in [0, 0.1) is 5.41 Å². The van der Waals surface area contributed by atoms with E-state index in [1.165, 1.54) is 13.0 Å². The van der Waals surface area contributed by atoms with E-state index in [1.54, 1.807) is 25.3 Å². The lowest BCUT2D eigenvalue weighted by molar-refractivity contribution is -0.138. The molecular weight excluding hydrogens is 457 g/mol. The van der Waals surface area contributed by atoms with Crippen LogP contribution in [0.15, 0.2) is 47.0 Å². The lowest BCUT2D eigenvalue weighted by Gasteiger charge is -2.14. The minimum Gasteiger partial charge on any atom is -0.497 e. The number of nitrogens with two attached hydrogens (primary N) is 1. The number of nitrogens with one attached hydrogen (secondary N) is 1. The smallest absolute Gasteiger partial charge is 0.416 e. The summed E-state index contributed by atoms with van der Waals surface area (Å²) in [5, 5.41) is 10.2. The van der Waals surface area contributed by atoms with Gasteiger partial charge in [0.05, 0.1) is 18.5 Å². The maximum absolute atomic E-state index is 13.8. The van der Waals surface area contributed by atoms with E-state index in [4.69, 9.17) is 20.4 Å². The van der Waals surface area contributed by atoms with Gasteiger partial charge in [-0.15, -0.1) is 0 Å². The van der Waals surface area contributed by atoms with Gasteiger partial charge in [0.25, 0.3) is 0 Å². The summed E-state index contributed by atoms with van der Waals surface area (Å²) in [6.07, 6.45) is -0.721. The van der Waals surface area contributed by atoms with Crippen molar-refractivity contribution in [1.29, 1.82) is 5.41 Å². The predicted octanol–water partition coefficient (Wildman–Crippen LogP) is 6.79. The van der Waals surface area contributed by atoms with Crippen LogP contribution in [0.5, 0.6) is 5.75 Å². The molecule has 3 N–H and O–H groups in total. The lowest BCUT2D eigenvalue weighted by atomic mass is 9.97. The van der Waals surface area contributed by atoms with Crippen molar-refractivity contribution < 1.29 is 22.4 Å². The Morgan fingerprint density at radius 2 is 1.80 bits per heavy atom. The first-order valence-electron chi connectivity index (χ1n) is 11.5. The molecule has 0 aliphatic heterocycles. The van der Waals surface area contributed by atoms with Crippen LogP contribution in [0.2, 0.25) is 0 Å². The van der Waals surface area contributed by atoms with Crippen LogP contribution in [-0.4, -0.2) is 23.1 Å². The van der Waals surface area contributed by atoms with Crippen molar-refractivity contribution in [2.45, 2.75) is 65.0 Å². The Morgan fingerprint density at radius 3 is 2.37 bits per heavy atom. The molecule has 0 unspecified atom stereocenters. The number of amidine groups is 1. The second-order valence-electron chi connectivity index (χ2n) is 8.40. The minimum atomic E-state index is -4.47. The molecule has 0 radical (unpaired) electrons. The second kappa shape index (κ2) is 12.9. The number of benzene rings is 2. The van der Waals surface area contributed by atoms with Crippen molar-refractivity contribution in [2.75, 3.05) is 7.11 Å². The molecule has 1 heterocycles. The molecule has 35 heavy (non-hydrogen) atoms. The van der Waals surface area contributed by atoms with Crippen molar-refractivity contribution in [3.05, 3.63) is 65.0 Å². The number of rotatable bonds is 9. The summed E-state index contributed by atoms with van der Waals surface area (Å²) in [5.74, 6) is 1.60. The van der Waals surface area contributed by atoms with E-state index in [1.807, 2.05) is 19.1 Å². The Bertz CT molecular complexity index is 1070. The van der Waals surface area contributed by atoms with Crippen LogP contribution >= 0.6 is 0 Å². The van der Waals surface area contributed by atoms with E-state index in [2.05, 4.69) is 17.1 Å². The van der Waals surface area contributed by atoms with Gasteiger partial charge in [-0.1, -0.05) is 56.1 Å². The largest absolute Gasteiger partial charge is 0.497 e. The van der Waals surface area contributed by atoms with Gasteiger partial charge in [0.15, 0.2) is 0 Å². The Balaban J connectivity index is 0.00000100. The molecule has 0 bridgehead atoms. The van der Waals surface area contributed by atoms with E-state index < -0.39 is 11.7 Å². The van der Waals surface area contributed by atoms with Gasteiger partial charge in [-0.2, -0.15) is 18.2 Å². The molecule has 1 atom stereocenters. The van der Waals surface area contributed by atoms with Gasteiger partial charge in [0.2, 0.25) is 11.7 Å². The summed E-state index contributed by atoms with van der Waals surface area (Å²) in [4.78, 5) is 4.34. The average molecular weight is 491 g/mol. The SMILES string of the molecule is CC(=N)N.CCCC[C@H](C)c1nc(-c2ccc(CCc3ccc(OC)cc3)c(C(F)(F)F)c2)no1. The van der Waals surface area contributed by atoms with Gasteiger partial charge in [-0.25, -0.2) is 0 Å². The van der Waals surface area contributed by atoms with Gasteiger partial charge in [-0.05, 0) is 55.5 Å². The maximum atomic E-state index is 13.8. The molecule has 0 amide bonds. The Kier molecular flexibility index (Phi) is 10.3. The fourth-order valence-electron chi connectivity index (χ4n) is 3.46. The number of halogens is 3. The molecular formula is C26H33F3N4O2. The highest BCUT2D eigenvalue weighted by Crippen LogP contribution is 2.35.